The summed E-state index contributed by atoms with van der Waals surface area (Å²) >= 11 is 0. The lowest BCUT2D eigenvalue weighted by Gasteiger charge is -2.23. The van der Waals surface area contributed by atoms with Crippen LogP contribution in [0.1, 0.15) is 33.1 Å². The van der Waals surface area contributed by atoms with Gasteiger partial charge in [0.15, 0.2) is 0 Å². The first kappa shape index (κ1) is 14.3. The van der Waals surface area contributed by atoms with Crippen molar-refractivity contribution in [2.45, 2.75) is 33.1 Å². The second kappa shape index (κ2) is 5.49. The number of carbonyl (C=O) groups excluding carboxylic acids is 1. The first-order valence-electron chi connectivity index (χ1n) is 7.17. The number of aliphatic carboxylic acids is 1. The third-order valence-corrected chi connectivity index (χ3v) is 4.72. The lowest BCUT2D eigenvalue weighted by molar-refractivity contribution is -0.143. The maximum atomic E-state index is 12.1. The van der Waals surface area contributed by atoms with Gasteiger partial charge in [-0.15, -0.1) is 0 Å². The number of carboxylic acid groups (broad SMARTS) is 1. The molecule has 0 radical (unpaired) electrons. The smallest absolute Gasteiger partial charge is 0.308 e. The van der Waals surface area contributed by atoms with E-state index in [0.717, 1.165) is 32.4 Å². The molecule has 2 aliphatic rings. The molecule has 0 aromatic rings. The molecule has 1 saturated carbocycles. The minimum absolute atomic E-state index is 0.0323. The quantitative estimate of drug-likeness (QED) is 0.690. The van der Waals surface area contributed by atoms with Gasteiger partial charge >= 0.3 is 5.97 Å². The van der Waals surface area contributed by atoms with Gasteiger partial charge in [0, 0.05) is 12.5 Å². The Bertz CT molecular complexity index is 362. The fraction of sp³-hybridized carbons (Fsp3) is 0.857. The summed E-state index contributed by atoms with van der Waals surface area (Å²) in [5.41, 5.74) is 0.214. The van der Waals surface area contributed by atoms with Crippen LogP contribution in [-0.4, -0.2) is 36.6 Å². The van der Waals surface area contributed by atoms with E-state index in [1.165, 1.54) is 0 Å². The van der Waals surface area contributed by atoms with Crippen molar-refractivity contribution in [2.24, 2.45) is 23.2 Å². The Balaban J connectivity index is 1.81. The average molecular weight is 268 g/mol. The summed E-state index contributed by atoms with van der Waals surface area (Å²) in [6, 6.07) is 0. The van der Waals surface area contributed by atoms with Crippen LogP contribution in [0.2, 0.25) is 0 Å². The number of hydrogen-bond acceptors (Lipinski definition) is 3. The lowest BCUT2D eigenvalue weighted by Crippen LogP contribution is -2.38. The zero-order valence-corrected chi connectivity index (χ0v) is 11.7. The van der Waals surface area contributed by atoms with E-state index >= 15 is 0 Å². The Kier molecular flexibility index (Phi) is 4.13. The molecule has 0 aromatic heterocycles. The summed E-state index contributed by atoms with van der Waals surface area (Å²) in [5.74, 6) is -1.13. The van der Waals surface area contributed by atoms with Crippen molar-refractivity contribution in [3.8, 4) is 0 Å². The minimum Gasteiger partial charge on any atom is -0.481 e. The molecule has 5 heteroatoms. The molecule has 0 aromatic carbocycles. The molecule has 1 aliphatic heterocycles. The SMILES string of the molecule is CC(C)C(CNC(=O)C1CC12CCNCC2)C(=O)O. The van der Waals surface area contributed by atoms with Crippen LogP contribution in [-0.2, 0) is 9.59 Å². The molecule has 3 N–H and O–H groups in total. The Labute approximate surface area is 114 Å². The van der Waals surface area contributed by atoms with E-state index < -0.39 is 11.9 Å². The van der Waals surface area contributed by atoms with Gasteiger partial charge in [-0.3, -0.25) is 9.59 Å². The third kappa shape index (κ3) is 3.08. The molecule has 2 rings (SSSR count). The van der Waals surface area contributed by atoms with Gasteiger partial charge in [0.2, 0.25) is 5.91 Å². The highest BCUT2D eigenvalue weighted by Crippen LogP contribution is 2.58. The molecule has 2 unspecified atom stereocenters. The second-order valence-electron chi connectivity index (χ2n) is 6.30. The number of piperidine rings is 1. The molecule has 5 nitrogen and oxygen atoms in total. The van der Waals surface area contributed by atoms with Crippen LogP contribution in [0.4, 0.5) is 0 Å². The van der Waals surface area contributed by atoms with Gasteiger partial charge in [0.1, 0.15) is 0 Å². The minimum atomic E-state index is -0.831. The van der Waals surface area contributed by atoms with Crippen molar-refractivity contribution in [3.63, 3.8) is 0 Å². The molecule has 1 saturated heterocycles. The van der Waals surface area contributed by atoms with E-state index in [-0.39, 0.29) is 29.7 Å². The number of hydrogen-bond donors (Lipinski definition) is 3. The number of amides is 1. The summed E-state index contributed by atoms with van der Waals surface area (Å²) in [6.45, 7) is 5.98. The predicted octanol–water partition coefficient (Wildman–Crippen LogP) is 0.849. The molecular weight excluding hydrogens is 244 g/mol. The molecule has 0 bridgehead atoms. The second-order valence-corrected chi connectivity index (χ2v) is 6.30. The van der Waals surface area contributed by atoms with Gasteiger partial charge in [0.25, 0.3) is 0 Å². The fourth-order valence-electron chi connectivity index (χ4n) is 3.14. The van der Waals surface area contributed by atoms with Crippen LogP contribution in [0.3, 0.4) is 0 Å². The molecule has 2 fully saturated rings. The Morgan fingerprint density at radius 2 is 2.00 bits per heavy atom. The highest BCUT2D eigenvalue weighted by molar-refractivity contribution is 5.83. The van der Waals surface area contributed by atoms with Gasteiger partial charge in [-0.2, -0.15) is 0 Å². The van der Waals surface area contributed by atoms with Gasteiger partial charge in [-0.05, 0) is 43.7 Å². The highest BCUT2D eigenvalue weighted by Gasteiger charge is 2.57. The van der Waals surface area contributed by atoms with E-state index in [0.29, 0.717) is 0 Å². The average Bonchev–Trinajstić information content (AvgIpc) is 3.03. The normalized spacial score (nSPS) is 26.2. The topological polar surface area (TPSA) is 78.4 Å². The largest absolute Gasteiger partial charge is 0.481 e. The molecule has 1 spiro atoms. The predicted molar refractivity (Wildman–Crippen MR) is 71.6 cm³/mol. The molecule has 108 valence electrons. The van der Waals surface area contributed by atoms with Crippen molar-refractivity contribution < 1.29 is 14.7 Å². The van der Waals surface area contributed by atoms with E-state index in [1.807, 2.05) is 13.8 Å². The molecule has 1 aliphatic carbocycles. The zero-order chi connectivity index (χ0) is 14.0. The molecule has 2 atom stereocenters. The number of rotatable bonds is 5. The summed E-state index contributed by atoms with van der Waals surface area (Å²) in [4.78, 5) is 23.2. The van der Waals surface area contributed by atoms with Gasteiger partial charge < -0.3 is 15.7 Å². The van der Waals surface area contributed by atoms with E-state index in [9.17, 15) is 9.59 Å². The van der Waals surface area contributed by atoms with Crippen LogP contribution in [0.25, 0.3) is 0 Å². The summed E-state index contributed by atoms with van der Waals surface area (Å²) in [7, 11) is 0. The van der Waals surface area contributed by atoms with Crippen LogP contribution < -0.4 is 10.6 Å². The number of carbonyl (C=O) groups is 2. The third-order valence-electron chi connectivity index (χ3n) is 4.72. The number of carboxylic acids is 1. The van der Waals surface area contributed by atoms with E-state index in [1.54, 1.807) is 0 Å². The molecule has 19 heavy (non-hydrogen) atoms. The Hall–Kier alpha value is -1.10. The lowest BCUT2D eigenvalue weighted by atomic mass is 9.91. The summed E-state index contributed by atoms with van der Waals surface area (Å²) in [5, 5.41) is 15.2. The standard InChI is InChI=1S/C14H24N2O3/c1-9(2)10(13(18)19)8-16-12(17)11-7-14(11)3-5-15-6-4-14/h9-11,15H,3-8H2,1-2H3,(H,16,17)(H,18,19). The van der Waals surface area contributed by atoms with Crippen LogP contribution in [0, 0.1) is 23.2 Å². The Morgan fingerprint density at radius 1 is 1.37 bits per heavy atom. The fourth-order valence-corrected chi connectivity index (χ4v) is 3.14. The Morgan fingerprint density at radius 3 is 2.53 bits per heavy atom. The zero-order valence-electron chi connectivity index (χ0n) is 11.7. The van der Waals surface area contributed by atoms with Crippen LogP contribution in [0.5, 0.6) is 0 Å². The molecule has 1 amide bonds. The van der Waals surface area contributed by atoms with Crippen molar-refractivity contribution in [2.75, 3.05) is 19.6 Å². The maximum absolute atomic E-state index is 12.1. The van der Waals surface area contributed by atoms with E-state index in [4.69, 9.17) is 5.11 Å². The molecular formula is C14H24N2O3. The molecule has 1 heterocycles. The van der Waals surface area contributed by atoms with E-state index in [2.05, 4.69) is 10.6 Å². The monoisotopic (exact) mass is 268 g/mol. The summed E-state index contributed by atoms with van der Waals surface area (Å²) in [6.07, 6.45) is 3.11. The highest BCUT2D eigenvalue weighted by atomic mass is 16.4. The van der Waals surface area contributed by atoms with Gasteiger partial charge in [-0.1, -0.05) is 13.8 Å². The number of nitrogens with one attached hydrogen (secondary N) is 2. The maximum Gasteiger partial charge on any atom is 0.308 e. The first-order valence-corrected chi connectivity index (χ1v) is 7.17. The first-order chi connectivity index (χ1) is 8.96. The van der Waals surface area contributed by atoms with Crippen molar-refractivity contribution >= 4 is 11.9 Å². The van der Waals surface area contributed by atoms with Gasteiger partial charge in [-0.25, -0.2) is 0 Å². The van der Waals surface area contributed by atoms with Crippen molar-refractivity contribution in [1.82, 2.24) is 10.6 Å². The summed E-state index contributed by atoms with van der Waals surface area (Å²) < 4.78 is 0. The van der Waals surface area contributed by atoms with Crippen molar-refractivity contribution in [1.29, 1.82) is 0 Å². The van der Waals surface area contributed by atoms with Crippen LogP contribution in [0.15, 0.2) is 0 Å². The van der Waals surface area contributed by atoms with Crippen LogP contribution >= 0.6 is 0 Å². The van der Waals surface area contributed by atoms with Gasteiger partial charge in [0.05, 0.1) is 5.92 Å². The van der Waals surface area contributed by atoms with Crippen molar-refractivity contribution in [3.05, 3.63) is 0 Å².